The van der Waals surface area contributed by atoms with Crippen LogP contribution < -0.4 is 0 Å². The molecular weight excluding hydrogens is 221 g/mol. The van der Waals surface area contributed by atoms with E-state index < -0.39 is 18.0 Å². The molecule has 0 spiro atoms. The zero-order chi connectivity index (χ0) is 11.0. The van der Waals surface area contributed by atoms with Gasteiger partial charge in [0, 0.05) is 12.6 Å². The van der Waals surface area contributed by atoms with Gasteiger partial charge in [-0.2, -0.15) is 0 Å². The van der Waals surface area contributed by atoms with E-state index >= 15 is 0 Å². The lowest BCUT2D eigenvalue weighted by molar-refractivity contribution is 0.133. The summed E-state index contributed by atoms with van der Waals surface area (Å²) in [6, 6.07) is 4.39. The minimum absolute atomic E-state index is 0.247. The monoisotopic (exact) mass is 229 g/mol. The quantitative estimate of drug-likeness (QED) is 0.741. The van der Waals surface area contributed by atoms with Gasteiger partial charge in [-0.05, 0) is 12.1 Å². The standard InChI is InChI=1S/C10H9ClFNO2/c1-13-5-8(15-10(13)14)9-6(11)3-2-4-7(9)12/h2-4,8H,5H2,1H3. The number of rotatable bonds is 1. The normalized spacial score (nSPS) is 20.6. The molecule has 0 N–H and O–H groups in total. The summed E-state index contributed by atoms with van der Waals surface area (Å²) in [6.07, 6.45) is -1.07. The van der Waals surface area contributed by atoms with Gasteiger partial charge in [-0.15, -0.1) is 0 Å². The summed E-state index contributed by atoms with van der Waals surface area (Å²) in [5, 5.41) is 0.281. The Morgan fingerprint density at radius 1 is 1.60 bits per heavy atom. The van der Waals surface area contributed by atoms with Gasteiger partial charge in [-0.3, -0.25) is 0 Å². The molecule has 1 atom stereocenters. The third kappa shape index (κ3) is 1.77. The number of hydrogen-bond acceptors (Lipinski definition) is 2. The molecule has 1 fully saturated rings. The van der Waals surface area contributed by atoms with Crippen molar-refractivity contribution in [1.29, 1.82) is 0 Å². The van der Waals surface area contributed by atoms with Crippen molar-refractivity contribution >= 4 is 17.7 Å². The smallest absolute Gasteiger partial charge is 0.410 e. The predicted octanol–water partition coefficient (Wildman–Crippen LogP) is 2.60. The highest BCUT2D eigenvalue weighted by Crippen LogP contribution is 2.32. The van der Waals surface area contributed by atoms with Crippen LogP contribution in [0.4, 0.5) is 9.18 Å². The lowest BCUT2D eigenvalue weighted by Gasteiger charge is -2.11. The van der Waals surface area contributed by atoms with E-state index in [0.29, 0.717) is 6.54 Å². The topological polar surface area (TPSA) is 29.5 Å². The number of amides is 1. The molecule has 0 aliphatic carbocycles. The second-order valence-corrected chi connectivity index (χ2v) is 3.80. The van der Waals surface area contributed by atoms with Gasteiger partial charge in [-0.25, -0.2) is 9.18 Å². The molecule has 1 aliphatic heterocycles. The fourth-order valence-corrected chi connectivity index (χ4v) is 1.83. The van der Waals surface area contributed by atoms with E-state index in [1.54, 1.807) is 13.1 Å². The molecule has 5 heteroatoms. The van der Waals surface area contributed by atoms with Gasteiger partial charge in [0.15, 0.2) is 6.10 Å². The molecule has 0 bridgehead atoms. The third-order valence-electron chi connectivity index (χ3n) is 2.32. The lowest BCUT2D eigenvalue weighted by atomic mass is 10.1. The summed E-state index contributed by atoms with van der Waals surface area (Å²) in [6.45, 7) is 0.319. The fraction of sp³-hybridized carbons (Fsp3) is 0.300. The number of benzene rings is 1. The second kappa shape index (κ2) is 3.70. The number of hydrogen-bond donors (Lipinski definition) is 0. The maximum absolute atomic E-state index is 13.5. The Morgan fingerprint density at radius 3 is 2.87 bits per heavy atom. The van der Waals surface area contributed by atoms with E-state index in [1.165, 1.54) is 17.0 Å². The van der Waals surface area contributed by atoms with E-state index in [9.17, 15) is 9.18 Å². The van der Waals surface area contributed by atoms with Crippen LogP contribution in [-0.2, 0) is 4.74 Å². The summed E-state index contributed by atoms with van der Waals surface area (Å²) in [7, 11) is 1.59. The third-order valence-corrected chi connectivity index (χ3v) is 2.65. The summed E-state index contributed by atoms with van der Waals surface area (Å²) < 4.78 is 18.4. The molecule has 1 amide bonds. The summed E-state index contributed by atoms with van der Waals surface area (Å²) in [5.74, 6) is -0.449. The zero-order valence-electron chi connectivity index (χ0n) is 8.04. The molecule has 2 rings (SSSR count). The van der Waals surface area contributed by atoms with Crippen LogP contribution in [0, 0.1) is 5.82 Å². The van der Waals surface area contributed by atoms with Gasteiger partial charge in [0.2, 0.25) is 0 Å². The molecule has 1 heterocycles. The van der Waals surface area contributed by atoms with E-state index in [0.717, 1.165) is 0 Å². The molecule has 0 saturated carbocycles. The molecule has 1 aromatic rings. The molecule has 0 aromatic heterocycles. The van der Waals surface area contributed by atoms with Crippen LogP contribution in [0.15, 0.2) is 18.2 Å². The Morgan fingerprint density at radius 2 is 2.33 bits per heavy atom. The van der Waals surface area contributed by atoms with Gasteiger partial charge in [0.25, 0.3) is 0 Å². The van der Waals surface area contributed by atoms with Crippen LogP contribution in [0.3, 0.4) is 0 Å². The number of nitrogens with zero attached hydrogens (tertiary/aromatic N) is 1. The Bertz CT molecular complexity index is 390. The number of carbonyl (C=O) groups is 1. The van der Waals surface area contributed by atoms with Crippen molar-refractivity contribution < 1.29 is 13.9 Å². The molecule has 15 heavy (non-hydrogen) atoms. The van der Waals surface area contributed by atoms with E-state index in [2.05, 4.69) is 0 Å². The summed E-state index contributed by atoms with van der Waals surface area (Å²) in [4.78, 5) is 12.5. The number of halogens is 2. The van der Waals surface area contributed by atoms with Crippen molar-refractivity contribution in [2.45, 2.75) is 6.10 Å². The van der Waals surface area contributed by atoms with E-state index in [1.807, 2.05) is 0 Å². The first-order chi connectivity index (χ1) is 7.09. The van der Waals surface area contributed by atoms with Crippen LogP contribution in [0.2, 0.25) is 5.02 Å². The summed E-state index contributed by atoms with van der Waals surface area (Å²) in [5.41, 5.74) is 0.247. The zero-order valence-corrected chi connectivity index (χ0v) is 8.79. The van der Waals surface area contributed by atoms with Crippen LogP contribution in [0.25, 0.3) is 0 Å². The Balaban J connectivity index is 2.35. The highest BCUT2D eigenvalue weighted by molar-refractivity contribution is 6.31. The maximum atomic E-state index is 13.5. The molecule has 0 radical (unpaired) electrons. The highest BCUT2D eigenvalue weighted by atomic mass is 35.5. The first-order valence-corrected chi connectivity index (χ1v) is 4.83. The molecule has 80 valence electrons. The largest absolute Gasteiger partial charge is 0.439 e. The molecule has 1 unspecified atom stereocenters. The van der Waals surface area contributed by atoms with Crippen molar-refractivity contribution in [2.75, 3.05) is 13.6 Å². The average molecular weight is 230 g/mol. The first kappa shape index (κ1) is 10.2. The molecule has 1 saturated heterocycles. The van der Waals surface area contributed by atoms with Crippen molar-refractivity contribution in [3.63, 3.8) is 0 Å². The number of carbonyl (C=O) groups excluding carboxylic acids is 1. The predicted molar refractivity (Wildman–Crippen MR) is 53.3 cm³/mol. The Labute approximate surface area is 91.4 Å². The maximum Gasteiger partial charge on any atom is 0.410 e. The number of likely N-dealkylation sites (N-methyl/N-ethyl adjacent to an activating group) is 1. The summed E-state index contributed by atoms with van der Waals surface area (Å²) >= 11 is 5.86. The van der Waals surface area contributed by atoms with Crippen molar-refractivity contribution in [1.82, 2.24) is 4.90 Å². The first-order valence-electron chi connectivity index (χ1n) is 4.45. The Kier molecular flexibility index (Phi) is 2.52. The van der Waals surface area contributed by atoms with Crippen molar-refractivity contribution in [2.24, 2.45) is 0 Å². The minimum atomic E-state index is -0.615. The van der Waals surface area contributed by atoms with Crippen LogP contribution in [0.1, 0.15) is 11.7 Å². The van der Waals surface area contributed by atoms with Crippen LogP contribution >= 0.6 is 11.6 Å². The van der Waals surface area contributed by atoms with Gasteiger partial charge in [-0.1, -0.05) is 17.7 Å². The van der Waals surface area contributed by atoms with Crippen molar-refractivity contribution in [3.05, 3.63) is 34.6 Å². The van der Waals surface area contributed by atoms with Gasteiger partial charge in [0.05, 0.1) is 11.6 Å². The Hall–Kier alpha value is -1.29. The van der Waals surface area contributed by atoms with Gasteiger partial charge >= 0.3 is 6.09 Å². The van der Waals surface area contributed by atoms with Gasteiger partial charge < -0.3 is 9.64 Å². The molecule has 3 nitrogen and oxygen atoms in total. The van der Waals surface area contributed by atoms with E-state index in [-0.39, 0.29) is 10.6 Å². The SMILES string of the molecule is CN1CC(c2c(F)cccc2Cl)OC1=O. The van der Waals surface area contributed by atoms with Crippen LogP contribution in [0.5, 0.6) is 0 Å². The molecular formula is C10H9ClFNO2. The number of ether oxygens (including phenoxy) is 1. The van der Waals surface area contributed by atoms with Crippen molar-refractivity contribution in [3.8, 4) is 0 Å². The second-order valence-electron chi connectivity index (χ2n) is 3.39. The minimum Gasteiger partial charge on any atom is -0.439 e. The lowest BCUT2D eigenvalue weighted by Crippen LogP contribution is -2.18. The van der Waals surface area contributed by atoms with Gasteiger partial charge in [0.1, 0.15) is 5.82 Å². The van der Waals surface area contributed by atoms with Crippen LogP contribution in [-0.4, -0.2) is 24.6 Å². The fourth-order valence-electron chi connectivity index (χ4n) is 1.54. The average Bonchev–Trinajstić information content (AvgIpc) is 2.46. The number of cyclic esters (lactones) is 1. The highest BCUT2D eigenvalue weighted by Gasteiger charge is 2.32. The van der Waals surface area contributed by atoms with E-state index in [4.69, 9.17) is 16.3 Å². The molecule has 1 aliphatic rings. The molecule has 1 aromatic carbocycles.